The van der Waals surface area contributed by atoms with E-state index in [1.54, 1.807) is 31.4 Å². The zero-order valence-corrected chi connectivity index (χ0v) is 18.1. The van der Waals surface area contributed by atoms with Crippen molar-refractivity contribution in [3.8, 4) is 5.75 Å². The fourth-order valence-electron chi connectivity index (χ4n) is 4.09. The van der Waals surface area contributed by atoms with Crippen molar-refractivity contribution in [1.29, 1.82) is 0 Å². The molecule has 0 saturated heterocycles. The van der Waals surface area contributed by atoms with Gasteiger partial charge in [0.15, 0.2) is 11.5 Å². The van der Waals surface area contributed by atoms with Crippen LogP contribution in [-0.2, 0) is 16.0 Å². The normalized spacial score (nSPS) is 15.9. The standard InChI is InChI=1S/C27H25NO4/c1-18-7-6-10-20(17-18)25-24(23(29)16-11-19-8-4-3-5-9-19)26(30)27(31)28(25)21-12-14-22(32-2)15-13-21/h3-10,12-15,17,25,30H,11,16H2,1-2H3. The van der Waals surface area contributed by atoms with Crippen molar-refractivity contribution in [1.82, 2.24) is 0 Å². The Morgan fingerprint density at radius 1 is 1.00 bits per heavy atom. The third-order valence-corrected chi connectivity index (χ3v) is 5.70. The van der Waals surface area contributed by atoms with Gasteiger partial charge >= 0.3 is 0 Å². The molecule has 1 aliphatic rings. The number of Topliss-reactive ketones (excluding diaryl/α,β-unsaturated/α-hetero) is 1. The first-order valence-electron chi connectivity index (χ1n) is 10.5. The number of aryl methyl sites for hydroxylation is 2. The minimum absolute atomic E-state index is 0.146. The van der Waals surface area contributed by atoms with Gasteiger partial charge in [0.25, 0.3) is 5.91 Å². The summed E-state index contributed by atoms with van der Waals surface area (Å²) in [5, 5.41) is 10.8. The van der Waals surface area contributed by atoms with E-state index < -0.39 is 17.7 Å². The van der Waals surface area contributed by atoms with Crippen molar-refractivity contribution in [2.45, 2.75) is 25.8 Å². The Morgan fingerprint density at radius 2 is 1.72 bits per heavy atom. The Bertz CT molecular complexity index is 1170. The molecule has 0 fully saturated rings. The van der Waals surface area contributed by atoms with Crippen LogP contribution >= 0.6 is 0 Å². The van der Waals surface area contributed by atoms with Crippen LogP contribution in [-0.4, -0.2) is 23.9 Å². The van der Waals surface area contributed by atoms with Crippen molar-refractivity contribution in [2.24, 2.45) is 0 Å². The molecule has 1 heterocycles. The predicted molar refractivity (Wildman–Crippen MR) is 124 cm³/mol. The van der Waals surface area contributed by atoms with Crippen LogP contribution < -0.4 is 9.64 Å². The first kappa shape index (κ1) is 21.4. The van der Waals surface area contributed by atoms with Crippen LogP contribution in [0.15, 0.2) is 90.2 Å². The van der Waals surface area contributed by atoms with Gasteiger partial charge in [-0.15, -0.1) is 0 Å². The molecule has 1 unspecified atom stereocenters. The molecule has 162 valence electrons. The van der Waals surface area contributed by atoms with E-state index in [0.29, 0.717) is 17.9 Å². The van der Waals surface area contributed by atoms with E-state index >= 15 is 0 Å². The summed E-state index contributed by atoms with van der Waals surface area (Å²) in [4.78, 5) is 27.9. The van der Waals surface area contributed by atoms with Crippen LogP contribution in [0.25, 0.3) is 0 Å². The van der Waals surface area contributed by atoms with Crippen LogP contribution in [0.5, 0.6) is 5.75 Å². The molecule has 0 aliphatic carbocycles. The lowest BCUT2D eigenvalue weighted by Gasteiger charge is -2.27. The maximum absolute atomic E-state index is 13.3. The highest BCUT2D eigenvalue weighted by Gasteiger charge is 2.44. The first-order chi connectivity index (χ1) is 15.5. The SMILES string of the molecule is COc1ccc(N2C(=O)C(O)=C(C(=O)CCc3ccccc3)C2c2cccc(C)c2)cc1. The Morgan fingerprint density at radius 3 is 2.38 bits per heavy atom. The molecular formula is C27H25NO4. The van der Waals surface area contributed by atoms with Crippen LogP contribution in [0.2, 0.25) is 0 Å². The van der Waals surface area contributed by atoms with Gasteiger partial charge in [-0.1, -0.05) is 60.2 Å². The predicted octanol–water partition coefficient (Wildman–Crippen LogP) is 5.11. The second-order valence-corrected chi connectivity index (χ2v) is 7.86. The van der Waals surface area contributed by atoms with Gasteiger partial charge in [0.05, 0.1) is 18.7 Å². The number of hydrogen-bond acceptors (Lipinski definition) is 4. The minimum Gasteiger partial charge on any atom is -0.503 e. The van der Waals surface area contributed by atoms with Gasteiger partial charge in [-0.25, -0.2) is 0 Å². The Labute approximate surface area is 187 Å². The number of ketones is 1. The van der Waals surface area contributed by atoms with E-state index in [0.717, 1.165) is 16.7 Å². The molecule has 1 amide bonds. The van der Waals surface area contributed by atoms with Gasteiger partial charge in [-0.3, -0.25) is 14.5 Å². The average molecular weight is 428 g/mol. The first-order valence-corrected chi connectivity index (χ1v) is 10.5. The van der Waals surface area contributed by atoms with Gasteiger partial charge in [0.2, 0.25) is 0 Å². The Hall–Kier alpha value is -3.86. The molecule has 0 saturated carbocycles. The Kier molecular flexibility index (Phi) is 6.08. The van der Waals surface area contributed by atoms with Crippen LogP contribution in [0.1, 0.15) is 29.2 Å². The molecule has 3 aromatic carbocycles. The van der Waals surface area contributed by atoms with Crippen molar-refractivity contribution < 1.29 is 19.4 Å². The maximum atomic E-state index is 13.3. The number of ether oxygens (including phenoxy) is 1. The fourth-order valence-corrected chi connectivity index (χ4v) is 4.09. The highest BCUT2D eigenvalue weighted by molar-refractivity contribution is 6.16. The van der Waals surface area contributed by atoms with Crippen molar-refractivity contribution in [3.63, 3.8) is 0 Å². The molecule has 5 nitrogen and oxygen atoms in total. The molecule has 0 bridgehead atoms. The van der Waals surface area contributed by atoms with Crippen molar-refractivity contribution >= 4 is 17.4 Å². The molecule has 0 radical (unpaired) electrons. The van der Waals surface area contributed by atoms with E-state index in [9.17, 15) is 14.7 Å². The number of amides is 1. The van der Waals surface area contributed by atoms with Crippen molar-refractivity contribution in [3.05, 3.63) is 107 Å². The molecule has 3 aromatic rings. The largest absolute Gasteiger partial charge is 0.503 e. The van der Waals surface area contributed by atoms with E-state index in [2.05, 4.69) is 0 Å². The summed E-state index contributed by atoms with van der Waals surface area (Å²) in [6, 6.07) is 23.7. The molecule has 4 rings (SSSR count). The van der Waals surface area contributed by atoms with Crippen LogP contribution in [0.3, 0.4) is 0 Å². The molecule has 0 aromatic heterocycles. The molecule has 1 aliphatic heterocycles. The fraction of sp³-hybridized carbons (Fsp3) is 0.185. The third kappa shape index (κ3) is 4.14. The number of aliphatic hydroxyl groups excluding tert-OH is 1. The van der Waals surface area contributed by atoms with E-state index in [1.165, 1.54) is 4.90 Å². The quantitative estimate of drug-likeness (QED) is 0.569. The third-order valence-electron chi connectivity index (χ3n) is 5.70. The molecule has 0 spiro atoms. The van der Waals surface area contributed by atoms with Gasteiger partial charge in [0, 0.05) is 12.1 Å². The number of carbonyl (C=O) groups excluding carboxylic acids is 2. The topological polar surface area (TPSA) is 66.8 Å². The molecule has 1 atom stereocenters. The number of carbonyl (C=O) groups is 2. The van der Waals surface area contributed by atoms with Gasteiger partial charge < -0.3 is 9.84 Å². The van der Waals surface area contributed by atoms with E-state index in [-0.39, 0.29) is 17.8 Å². The molecular weight excluding hydrogens is 402 g/mol. The second-order valence-electron chi connectivity index (χ2n) is 7.86. The lowest BCUT2D eigenvalue weighted by atomic mass is 9.92. The summed E-state index contributed by atoms with van der Waals surface area (Å²) in [5.74, 6) is -0.638. The number of aliphatic hydroxyl groups is 1. The Balaban J connectivity index is 1.72. The highest BCUT2D eigenvalue weighted by atomic mass is 16.5. The number of methoxy groups -OCH3 is 1. The average Bonchev–Trinajstić information content (AvgIpc) is 3.09. The van der Waals surface area contributed by atoms with Gasteiger partial charge in [0.1, 0.15) is 5.75 Å². The summed E-state index contributed by atoms with van der Waals surface area (Å²) in [7, 11) is 1.57. The summed E-state index contributed by atoms with van der Waals surface area (Å²) in [6.07, 6.45) is 0.739. The number of benzene rings is 3. The van der Waals surface area contributed by atoms with Gasteiger partial charge in [-0.2, -0.15) is 0 Å². The molecule has 1 N–H and O–H groups in total. The lowest BCUT2D eigenvalue weighted by Crippen LogP contribution is -2.31. The smallest absolute Gasteiger partial charge is 0.294 e. The number of anilines is 1. The zero-order valence-electron chi connectivity index (χ0n) is 18.1. The number of nitrogens with zero attached hydrogens (tertiary/aromatic N) is 1. The van der Waals surface area contributed by atoms with Crippen molar-refractivity contribution in [2.75, 3.05) is 12.0 Å². The van der Waals surface area contributed by atoms with E-state index in [4.69, 9.17) is 4.74 Å². The maximum Gasteiger partial charge on any atom is 0.294 e. The molecule has 32 heavy (non-hydrogen) atoms. The van der Waals surface area contributed by atoms with Gasteiger partial charge in [-0.05, 0) is 48.7 Å². The van der Waals surface area contributed by atoms with Crippen LogP contribution in [0.4, 0.5) is 5.69 Å². The minimum atomic E-state index is -0.695. The zero-order chi connectivity index (χ0) is 22.7. The van der Waals surface area contributed by atoms with E-state index in [1.807, 2.05) is 61.5 Å². The number of hydrogen-bond donors (Lipinski definition) is 1. The lowest BCUT2D eigenvalue weighted by molar-refractivity contribution is -0.118. The summed E-state index contributed by atoms with van der Waals surface area (Å²) in [6.45, 7) is 1.96. The number of rotatable bonds is 7. The van der Waals surface area contributed by atoms with Crippen LogP contribution in [0, 0.1) is 6.92 Å². The monoisotopic (exact) mass is 427 g/mol. The summed E-state index contributed by atoms with van der Waals surface area (Å²) in [5.41, 5.74) is 3.55. The summed E-state index contributed by atoms with van der Waals surface area (Å²) < 4.78 is 5.22. The highest BCUT2D eigenvalue weighted by Crippen LogP contribution is 2.42. The summed E-state index contributed by atoms with van der Waals surface area (Å²) >= 11 is 0. The second kappa shape index (κ2) is 9.10. The molecule has 5 heteroatoms.